The molecule has 0 radical (unpaired) electrons. The number of ketones is 1. The first-order chi connectivity index (χ1) is 11.0. The van der Waals surface area contributed by atoms with E-state index in [2.05, 4.69) is 4.98 Å². The SMILES string of the molecule is CC(=O)C1=C(O)C(=O)N(c2cccnc2)[C@H]1c1ccccc1F. The number of benzene rings is 1. The van der Waals surface area contributed by atoms with Crippen molar-refractivity contribution in [2.75, 3.05) is 4.90 Å². The number of carbonyl (C=O) groups is 2. The Morgan fingerprint density at radius 3 is 2.61 bits per heavy atom. The normalized spacial score (nSPS) is 17.7. The molecule has 116 valence electrons. The fourth-order valence-corrected chi connectivity index (χ4v) is 2.72. The molecule has 0 spiro atoms. The minimum Gasteiger partial charge on any atom is -0.503 e. The summed E-state index contributed by atoms with van der Waals surface area (Å²) in [7, 11) is 0. The van der Waals surface area contributed by atoms with E-state index in [1.54, 1.807) is 18.2 Å². The lowest BCUT2D eigenvalue weighted by molar-refractivity contribution is -0.117. The fourth-order valence-electron chi connectivity index (χ4n) is 2.72. The van der Waals surface area contributed by atoms with E-state index in [1.807, 2.05) is 0 Å². The number of carbonyl (C=O) groups excluding carboxylic acids is 2. The van der Waals surface area contributed by atoms with Crippen LogP contribution in [0.5, 0.6) is 0 Å². The van der Waals surface area contributed by atoms with E-state index in [0.717, 1.165) is 0 Å². The molecule has 1 aromatic carbocycles. The summed E-state index contributed by atoms with van der Waals surface area (Å²) in [6.45, 7) is 1.24. The lowest BCUT2D eigenvalue weighted by Gasteiger charge is -2.26. The molecule has 1 aliphatic rings. The van der Waals surface area contributed by atoms with Crippen LogP contribution in [0.2, 0.25) is 0 Å². The van der Waals surface area contributed by atoms with Gasteiger partial charge in [0.05, 0.1) is 23.5 Å². The average Bonchev–Trinajstić information content (AvgIpc) is 2.80. The molecule has 3 rings (SSSR count). The Hall–Kier alpha value is -3.02. The predicted molar refractivity (Wildman–Crippen MR) is 81.2 cm³/mol. The topological polar surface area (TPSA) is 70.5 Å². The molecule has 1 atom stereocenters. The van der Waals surface area contributed by atoms with Crippen molar-refractivity contribution in [2.45, 2.75) is 13.0 Å². The highest BCUT2D eigenvalue weighted by molar-refractivity contribution is 6.16. The Kier molecular flexibility index (Phi) is 3.65. The molecule has 0 bridgehead atoms. The summed E-state index contributed by atoms with van der Waals surface area (Å²) in [5.74, 6) is -2.46. The van der Waals surface area contributed by atoms with Gasteiger partial charge in [0.2, 0.25) is 0 Å². The van der Waals surface area contributed by atoms with Gasteiger partial charge in [0.25, 0.3) is 5.91 Å². The minimum atomic E-state index is -1.02. The molecule has 5 nitrogen and oxygen atoms in total. The minimum absolute atomic E-state index is 0.121. The Morgan fingerprint density at radius 1 is 1.26 bits per heavy atom. The van der Waals surface area contributed by atoms with Crippen LogP contribution < -0.4 is 4.90 Å². The van der Waals surface area contributed by atoms with Gasteiger partial charge in [-0.15, -0.1) is 0 Å². The van der Waals surface area contributed by atoms with Crippen LogP contribution in [-0.2, 0) is 9.59 Å². The molecule has 23 heavy (non-hydrogen) atoms. The van der Waals surface area contributed by atoms with E-state index in [9.17, 15) is 19.1 Å². The number of aromatic nitrogens is 1. The summed E-state index contributed by atoms with van der Waals surface area (Å²) in [6, 6.07) is 8.05. The zero-order valence-electron chi connectivity index (χ0n) is 12.2. The van der Waals surface area contributed by atoms with Gasteiger partial charge in [-0.05, 0) is 25.1 Å². The third-order valence-electron chi connectivity index (χ3n) is 3.71. The molecule has 1 aromatic heterocycles. The molecule has 0 aliphatic carbocycles. The van der Waals surface area contributed by atoms with Crippen molar-refractivity contribution < 1.29 is 19.1 Å². The molecule has 0 saturated heterocycles. The number of aliphatic hydroxyl groups excluding tert-OH is 1. The van der Waals surface area contributed by atoms with Crippen LogP contribution >= 0.6 is 0 Å². The number of aliphatic hydroxyl groups is 1. The van der Waals surface area contributed by atoms with E-state index < -0.39 is 29.3 Å². The maximum absolute atomic E-state index is 14.3. The number of Topliss-reactive ketones (excluding diaryl/α,β-unsaturated/α-hetero) is 1. The van der Waals surface area contributed by atoms with Gasteiger partial charge < -0.3 is 5.11 Å². The van der Waals surface area contributed by atoms with Gasteiger partial charge in [-0.2, -0.15) is 0 Å². The maximum Gasteiger partial charge on any atom is 0.294 e. The summed E-state index contributed by atoms with van der Waals surface area (Å²) >= 11 is 0. The molecule has 1 N–H and O–H groups in total. The van der Waals surface area contributed by atoms with Crippen LogP contribution in [0.3, 0.4) is 0 Å². The van der Waals surface area contributed by atoms with Crippen molar-refractivity contribution in [3.8, 4) is 0 Å². The van der Waals surface area contributed by atoms with Gasteiger partial charge in [-0.3, -0.25) is 19.5 Å². The second-order valence-corrected chi connectivity index (χ2v) is 5.13. The third kappa shape index (κ3) is 2.38. The summed E-state index contributed by atoms with van der Waals surface area (Å²) < 4.78 is 14.3. The van der Waals surface area contributed by atoms with Gasteiger partial charge >= 0.3 is 0 Å². The number of amides is 1. The lowest BCUT2D eigenvalue weighted by atomic mass is 9.96. The van der Waals surface area contributed by atoms with Gasteiger partial charge in [-0.1, -0.05) is 18.2 Å². The molecule has 0 saturated carbocycles. The first-order valence-corrected chi connectivity index (χ1v) is 6.94. The Labute approximate surface area is 131 Å². The molecular formula is C17H13FN2O3. The highest BCUT2D eigenvalue weighted by Gasteiger charge is 2.44. The van der Waals surface area contributed by atoms with Crippen molar-refractivity contribution in [1.29, 1.82) is 0 Å². The summed E-state index contributed by atoms with van der Waals surface area (Å²) in [5.41, 5.74) is 0.386. The van der Waals surface area contributed by atoms with Gasteiger partial charge in [0, 0.05) is 11.8 Å². The molecule has 1 aliphatic heterocycles. The molecule has 0 unspecified atom stereocenters. The molecule has 0 fully saturated rings. The molecule has 2 heterocycles. The highest BCUT2D eigenvalue weighted by atomic mass is 19.1. The quantitative estimate of drug-likeness (QED) is 0.946. The smallest absolute Gasteiger partial charge is 0.294 e. The van der Waals surface area contributed by atoms with Crippen molar-refractivity contribution in [2.24, 2.45) is 0 Å². The number of halogens is 1. The van der Waals surface area contributed by atoms with E-state index >= 15 is 0 Å². The number of nitrogens with zero attached hydrogens (tertiary/aromatic N) is 2. The predicted octanol–water partition coefficient (Wildman–Crippen LogP) is 2.71. The second-order valence-electron chi connectivity index (χ2n) is 5.13. The van der Waals surface area contributed by atoms with Crippen LogP contribution in [0.25, 0.3) is 0 Å². The number of pyridine rings is 1. The standard InChI is InChI=1S/C17H13FN2O3/c1-10(21)14-15(12-6-2-3-7-13(12)18)20(17(23)16(14)22)11-5-4-8-19-9-11/h2-9,15,22H,1H3/t15-/m0/s1. The van der Waals surface area contributed by atoms with E-state index in [-0.39, 0.29) is 11.1 Å². The van der Waals surface area contributed by atoms with E-state index in [1.165, 1.54) is 42.4 Å². The van der Waals surface area contributed by atoms with E-state index in [4.69, 9.17) is 0 Å². The fraction of sp³-hybridized carbons (Fsp3) is 0.118. The zero-order valence-corrected chi connectivity index (χ0v) is 12.2. The molecule has 2 aromatic rings. The second kappa shape index (κ2) is 5.64. The maximum atomic E-state index is 14.3. The number of anilines is 1. The monoisotopic (exact) mass is 312 g/mol. The summed E-state index contributed by atoms with van der Waals surface area (Å²) in [5, 5.41) is 10.1. The van der Waals surface area contributed by atoms with Crippen molar-refractivity contribution >= 4 is 17.4 Å². The van der Waals surface area contributed by atoms with Crippen molar-refractivity contribution in [3.05, 3.63) is 71.5 Å². The third-order valence-corrected chi connectivity index (χ3v) is 3.71. The molecule has 1 amide bonds. The number of hydrogen-bond donors (Lipinski definition) is 1. The van der Waals surface area contributed by atoms with Crippen molar-refractivity contribution in [1.82, 2.24) is 4.98 Å². The summed E-state index contributed by atoms with van der Waals surface area (Å²) in [6.07, 6.45) is 2.95. The van der Waals surface area contributed by atoms with Gasteiger partial charge in [0.1, 0.15) is 5.82 Å². The Bertz CT molecular complexity index is 818. The van der Waals surface area contributed by atoms with Crippen LogP contribution in [0, 0.1) is 5.82 Å². The molecular weight excluding hydrogens is 299 g/mol. The van der Waals surface area contributed by atoms with Crippen molar-refractivity contribution in [3.63, 3.8) is 0 Å². The van der Waals surface area contributed by atoms with Crippen LogP contribution in [0.15, 0.2) is 60.1 Å². The Morgan fingerprint density at radius 2 is 2.00 bits per heavy atom. The van der Waals surface area contributed by atoms with Gasteiger partial charge in [0.15, 0.2) is 11.5 Å². The first kappa shape index (κ1) is 14.9. The van der Waals surface area contributed by atoms with Gasteiger partial charge in [-0.25, -0.2) is 4.39 Å². The lowest BCUT2D eigenvalue weighted by Crippen LogP contribution is -2.31. The Balaban J connectivity index is 2.22. The summed E-state index contributed by atoms with van der Waals surface area (Å²) in [4.78, 5) is 29.5. The average molecular weight is 312 g/mol. The zero-order chi connectivity index (χ0) is 16.6. The van der Waals surface area contributed by atoms with Crippen LogP contribution in [0.4, 0.5) is 10.1 Å². The van der Waals surface area contributed by atoms with Crippen LogP contribution in [0.1, 0.15) is 18.5 Å². The number of rotatable bonds is 3. The van der Waals surface area contributed by atoms with E-state index in [0.29, 0.717) is 5.69 Å². The number of hydrogen-bond acceptors (Lipinski definition) is 4. The first-order valence-electron chi connectivity index (χ1n) is 6.94. The highest BCUT2D eigenvalue weighted by Crippen LogP contribution is 2.41. The largest absolute Gasteiger partial charge is 0.503 e. The van der Waals surface area contributed by atoms with Crippen LogP contribution in [-0.4, -0.2) is 21.8 Å². The molecule has 6 heteroatoms.